The summed E-state index contributed by atoms with van der Waals surface area (Å²) in [6.07, 6.45) is 1.26. The molecule has 1 amide bonds. The zero-order valence-corrected chi connectivity index (χ0v) is 11.9. The van der Waals surface area contributed by atoms with Gasteiger partial charge in [-0.2, -0.15) is 4.98 Å². The molecule has 1 aromatic heterocycles. The fourth-order valence-electron chi connectivity index (χ4n) is 1.51. The Labute approximate surface area is 124 Å². The van der Waals surface area contributed by atoms with Gasteiger partial charge in [-0.05, 0) is 23.7 Å². The molecule has 2 aromatic rings. The number of nitrogens with one attached hydrogen (secondary N) is 1. The molecule has 0 fully saturated rings. The largest absolute Gasteiger partial charge is 0.495 e. The number of hydrogen-bond donors (Lipinski definition) is 2. The molecule has 0 saturated heterocycles. The highest BCUT2D eigenvalue weighted by Crippen LogP contribution is 2.29. The quantitative estimate of drug-likeness (QED) is 0.847. The van der Waals surface area contributed by atoms with Gasteiger partial charge in [0.1, 0.15) is 17.1 Å². The third-order valence-corrected chi connectivity index (χ3v) is 2.93. The first-order valence-electron chi connectivity index (χ1n) is 5.44. The van der Waals surface area contributed by atoms with Gasteiger partial charge < -0.3 is 15.8 Å². The van der Waals surface area contributed by atoms with Gasteiger partial charge in [0.05, 0.1) is 12.1 Å². The van der Waals surface area contributed by atoms with E-state index in [1.807, 2.05) is 0 Å². The molecule has 0 bridgehead atoms. The predicted octanol–water partition coefficient (Wildman–Crippen LogP) is 2.63. The van der Waals surface area contributed by atoms with Crippen LogP contribution in [-0.4, -0.2) is 23.0 Å². The van der Waals surface area contributed by atoms with Crippen LogP contribution in [0.15, 0.2) is 24.4 Å². The van der Waals surface area contributed by atoms with Gasteiger partial charge in [-0.15, -0.1) is 0 Å². The highest BCUT2D eigenvalue weighted by Gasteiger charge is 2.12. The Hall–Kier alpha value is -2.05. The minimum absolute atomic E-state index is 0.00146. The number of aromatic nitrogens is 2. The minimum atomic E-state index is -0.662. The number of carbonyl (C=O) groups is 1. The third-order valence-electron chi connectivity index (χ3n) is 2.44. The van der Waals surface area contributed by atoms with Crippen molar-refractivity contribution in [1.82, 2.24) is 9.97 Å². The summed E-state index contributed by atoms with van der Waals surface area (Å²) < 4.78 is 5.10. The van der Waals surface area contributed by atoms with Crippen LogP contribution in [0.2, 0.25) is 10.3 Å². The number of primary amides is 1. The molecule has 3 N–H and O–H groups in total. The van der Waals surface area contributed by atoms with Crippen LogP contribution < -0.4 is 15.8 Å². The number of nitrogens with zero attached hydrogens (tertiary/aromatic N) is 2. The van der Waals surface area contributed by atoms with Gasteiger partial charge in [0.2, 0.25) is 5.28 Å². The third kappa shape index (κ3) is 3.09. The summed E-state index contributed by atoms with van der Waals surface area (Å²) in [5.41, 5.74) is 5.99. The fraction of sp³-hybridized carbons (Fsp3) is 0.0833. The molecule has 6 nitrogen and oxygen atoms in total. The summed E-state index contributed by atoms with van der Waals surface area (Å²) in [4.78, 5) is 19.0. The Balaban J connectivity index is 2.39. The van der Waals surface area contributed by atoms with Gasteiger partial charge >= 0.3 is 0 Å². The van der Waals surface area contributed by atoms with Gasteiger partial charge in [0.15, 0.2) is 0 Å². The number of amides is 1. The van der Waals surface area contributed by atoms with Crippen LogP contribution in [-0.2, 0) is 0 Å². The van der Waals surface area contributed by atoms with Crippen LogP contribution in [0.1, 0.15) is 10.4 Å². The lowest BCUT2D eigenvalue weighted by molar-refractivity contribution is 0.100. The van der Waals surface area contributed by atoms with Crippen molar-refractivity contribution in [2.75, 3.05) is 12.4 Å². The lowest BCUT2D eigenvalue weighted by atomic mass is 10.2. The number of carbonyl (C=O) groups excluding carboxylic acids is 1. The van der Waals surface area contributed by atoms with Gasteiger partial charge in [0.25, 0.3) is 5.91 Å². The number of anilines is 2. The highest BCUT2D eigenvalue weighted by molar-refractivity contribution is 6.32. The van der Waals surface area contributed by atoms with Crippen molar-refractivity contribution in [2.24, 2.45) is 5.73 Å². The van der Waals surface area contributed by atoms with E-state index < -0.39 is 5.91 Å². The van der Waals surface area contributed by atoms with Gasteiger partial charge in [0, 0.05) is 18.0 Å². The molecule has 1 aromatic carbocycles. The Bertz CT molecular complexity index is 664. The molecule has 0 radical (unpaired) electrons. The normalized spacial score (nSPS) is 10.2. The van der Waals surface area contributed by atoms with E-state index in [9.17, 15) is 4.79 Å². The monoisotopic (exact) mass is 312 g/mol. The van der Waals surface area contributed by atoms with Crippen LogP contribution in [0, 0.1) is 0 Å². The topological polar surface area (TPSA) is 90.1 Å². The average Bonchev–Trinajstić information content (AvgIpc) is 2.40. The van der Waals surface area contributed by atoms with Crippen LogP contribution in [0.4, 0.5) is 11.5 Å². The summed E-state index contributed by atoms with van der Waals surface area (Å²) >= 11 is 11.6. The summed E-state index contributed by atoms with van der Waals surface area (Å²) in [5.74, 6) is 0.0319. The van der Waals surface area contributed by atoms with E-state index >= 15 is 0 Å². The van der Waals surface area contributed by atoms with Crippen LogP contribution in [0.3, 0.4) is 0 Å². The molecule has 2 rings (SSSR count). The number of rotatable bonds is 4. The van der Waals surface area contributed by atoms with E-state index in [0.29, 0.717) is 16.5 Å². The van der Waals surface area contributed by atoms with Crippen molar-refractivity contribution < 1.29 is 9.53 Å². The zero-order chi connectivity index (χ0) is 14.7. The van der Waals surface area contributed by atoms with E-state index in [1.165, 1.54) is 13.3 Å². The van der Waals surface area contributed by atoms with E-state index in [4.69, 9.17) is 33.7 Å². The molecule has 8 heteroatoms. The second-order valence-electron chi connectivity index (χ2n) is 3.74. The number of ether oxygens (including phenoxy) is 1. The molecular formula is C12H10Cl2N4O2. The molecule has 0 unspecified atom stereocenters. The first-order valence-corrected chi connectivity index (χ1v) is 6.19. The van der Waals surface area contributed by atoms with Crippen molar-refractivity contribution in [2.45, 2.75) is 0 Å². The maximum Gasteiger partial charge on any atom is 0.254 e. The molecule has 1 heterocycles. The molecular weight excluding hydrogens is 303 g/mol. The van der Waals surface area contributed by atoms with E-state index in [-0.39, 0.29) is 16.7 Å². The standard InChI is InChI=1S/C12H10Cl2N4O2/c1-20-9-4-6(2-3-8(9)13)17-11-7(10(15)19)5-16-12(14)18-11/h2-5H,1H3,(H2,15,19)(H,16,17,18). The number of halogens is 2. The Morgan fingerprint density at radius 2 is 2.15 bits per heavy atom. The summed E-state index contributed by atoms with van der Waals surface area (Å²) in [5, 5.41) is 3.39. The molecule has 0 saturated carbocycles. The molecule has 0 atom stereocenters. The van der Waals surface area contributed by atoms with Crippen LogP contribution in [0.25, 0.3) is 0 Å². The second kappa shape index (κ2) is 5.94. The van der Waals surface area contributed by atoms with Crippen molar-refractivity contribution >= 4 is 40.6 Å². The van der Waals surface area contributed by atoms with Crippen LogP contribution >= 0.6 is 23.2 Å². The molecule has 104 valence electrons. The van der Waals surface area contributed by atoms with Crippen LogP contribution in [0.5, 0.6) is 5.75 Å². The predicted molar refractivity (Wildman–Crippen MR) is 76.8 cm³/mol. The zero-order valence-electron chi connectivity index (χ0n) is 10.4. The number of nitrogens with two attached hydrogens (primary N) is 1. The van der Waals surface area contributed by atoms with Gasteiger partial charge in [-0.25, -0.2) is 4.98 Å². The Morgan fingerprint density at radius 1 is 1.40 bits per heavy atom. The fourth-order valence-corrected chi connectivity index (χ4v) is 1.84. The maximum atomic E-state index is 11.3. The molecule has 0 aliphatic heterocycles. The van der Waals surface area contributed by atoms with E-state index in [2.05, 4.69) is 15.3 Å². The average molecular weight is 313 g/mol. The maximum absolute atomic E-state index is 11.3. The van der Waals surface area contributed by atoms with Crippen molar-refractivity contribution in [3.05, 3.63) is 40.3 Å². The first-order chi connectivity index (χ1) is 9.51. The number of benzene rings is 1. The van der Waals surface area contributed by atoms with E-state index in [1.54, 1.807) is 18.2 Å². The summed E-state index contributed by atoms with van der Waals surface area (Å²) in [6.45, 7) is 0. The Morgan fingerprint density at radius 3 is 2.80 bits per heavy atom. The molecule has 0 aliphatic carbocycles. The molecule has 20 heavy (non-hydrogen) atoms. The van der Waals surface area contributed by atoms with Crippen molar-refractivity contribution in [3.8, 4) is 5.75 Å². The molecule has 0 aliphatic rings. The van der Waals surface area contributed by atoms with Gasteiger partial charge in [-0.1, -0.05) is 11.6 Å². The van der Waals surface area contributed by atoms with E-state index in [0.717, 1.165) is 0 Å². The summed E-state index contributed by atoms with van der Waals surface area (Å²) in [6, 6.07) is 5.00. The highest BCUT2D eigenvalue weighted by atomic mass is 35.5. The lowest BCUT2D eigenvalue weighted by Gasteiger charge is -2.10. The lowest BCUT2D eigenvalue weighted by Crippen LogP contribution is -2.15. The summed E-state index contributed by atoms with van der Waals surface area (Å²) in [7, 11) is 1.50. The Kier molecular flexibility index (Phi) is 4.26. The minimum Gasteiger partial charge on any atom is -0.495 e. The SMILES string of the molecule is COc1cc(Nc2nc(Cl)ncc2C(N)=O)ccc1Cl. The number of methoxy groups -OCH3 is 1. The van der Waals surface area contributed by atoms with Crippen molar-refractivity contribution in [1.29, 1.82) is 0 Å². The molecule has 0 spiro atoms. The second-order valence-corrected chi connectivity index (χ2v) is 4.49. The smallest absolute Gasteiger partial charge is 0.254 e. The first kappa shape index (κ1) is 14.4. The van der Waals surface area contributed by atoms with Gasteiger partial charge in [-0.3, -0.25) is 4.79 Å². The number of hydrogen-bond acceptors (Lipinski definition) is 5. The van der Waals surface area contributed by atoms with Crippen molar-refractivity contribution in [3.63, 3.8) is 0 Å².